The molecule has 2 aromatic rings. The van der Waals surface area contributed by atoms with Gasteiger partial charge in [0.05, 0.1) is 18.0 Å². The molecule has 2 rings (SSSR count). The monoisotopic (exact) mass is 234 g/mol. The molecular weight excluding hydrogens is 216 g/mol. The van der Waals surface area contributed by atoms with Gasteiger partial charge in [-0.05, 0) is 39.8 Å². The zero-order valence-electron chi connectivity index (χ0n) is 10.7. The van der Waals surface area contributed by atoms with Gasteiger partial charge in [-0.1, -0.05) is 5.16 Å². The molecule has 0 spiro atoms. The summed E-state index contributed by atoms with van der Waals surface area (Å²) in [6, 6.07) is 4.21. The second-order valence-corrected chi connectivity index (χ2v) is 4.36. The number of nitrogens with one attached hydrogen (secondary N) is 1. The fourth-order valence-electron chi connectivity index (χ4n) is 2.19. The van der Waals surface area contributed by atoms with Crippen LogP contribution in [-0.4, -0.2) is 5.16 Å². The van der Waals surface area contributed by atoms with Crippen molar-refractivity contribution in [3.8, 4) is 0 Å². The van der Waals surface area contributed by atoms with Crippen molar-refractivity contribution in [3.63, 3.8) is 0 Å². The zero-order valence-corrected chi connectivity index (χ0v) is 10.7. The molecule has 2 unspecified atom stereocenters. The maximum atomic E-state index is 5.37. The second kappa shape index (κ2) is 4.75. The Bertz CT molecular complexity index is 454. The summed E-state index contributed by atoms with van der Waals surface area (Å²) in [5.74, 6) is 1.80. The molecule has 4 heteroatoms. The highest BCUT2D eigenvalue weighted by atomic mass is 16.5. The number of hydrogen-bond donors (Lipinski definition) is 1. The lowest BCUT2D eigenvalue weighted by atomic mass is 10.1. The largest absolute Gasteiger partial charge is 0.468 e. The smallest absolute Gasteiger partial charge is 0.138 e. The molecule has 17 heavy (non-hydrogen) atoms. The molecule has 0 amide bonds. The van der Waals surface area contributed by atoms with E-state index in [4.69, 9.17) is 8.94 Å². The molecule has 0 aromatic carbocycles. The van der Waals surface area contributed by atoms with Gasteiger partial charge in [0.15, 0.2) is 0 Å². The van der Waals surface area contributed by atoms with E-state index in [9.17, 15) is 0 Å². The van der Waals surface area contributed by atoms with Crippen LogP contribution in [-0.2, 0) is 0 Å². The van der Waals surface area contributed by atoms with Gasteiger partial charge in [0.1, 0.15) is 11.5 Å². The highest BCUT2D eigenvalue weighted by Gasteiger charge is 2.19. The summed E-state index contributed by atoms with van der Waals surface area (Å²) < 4.78 is 10.5. The van der Waals surface area contributed by atoms with E-state index < -0.39 is 0 Å². The molecule has 92 valence electrons. The maximum absolute atomic E-state index is 5.37. The van der Waals surface area contributed by atoms with E-state index in [1.807, 2.05) is 26.0 Å². The van der Waals surface area contributed by atoms with Gasteiger partial charge in [-0.15, -0.1) is 0 Å². The highest BCUT2D eigenvalue weighted by molar-refractivity contribution is 5.24. The SMILES string of the molecule is Cc1noc(C)c1C(C)NC(C)c1ccco1. The molecule has 0 aliphatic heterocycles. The minimum atomic E-state index is 0.161. The molecule has 0 saturated carbocycles. The zero-order chi connectivity index (χ0) is 12.4. The summed E-state index contributed by atoms with van der Waals surface area (Å²) >= 11 is 0. The van der Waals surface area contributed by atoms with Crippen LogP contribution in [0.25, 0.3) is 0 Å². The van der Waals surface area contributed by atoms with E-state index in [1.54, 1.807) is 6.26 Å². The minimum Gasteiger partial charge on any atom is -0.468 e. The molecule has 2 heterocycles. The second-order valence-electron chi connectivity index (χ2n) is 4.36. The lowest BCUT2D eigenvalue weighted by Gasteiger charge is -2.18. The van der Waals surface area contributed by atoms with Crippen molar-refractivity contribution >= 4 is 0 Å². The van der Waals surface area contributed by atoms with Crippen LogP contribution in [0.1, 0.15) is 48.7 Å². The van der Waals surface area contributed by atoms with Crippen LogP contribution in [0.2, 0.25) is 0 Å². The van der Waals surface area contributed by atoms with Gasteiger partial charge in [0.2, 0.25) is 0 Å². The van der Waals surface area contributed by atoms with E-state index >= 15 is 0 Å². The molecule has 0 aliphatic rings. The Morgan fingerprint density at radius 1 is 1.24 bits per heavy atom. The Labute approximate surface area is 101 Å². The average Bonchev–Trinajstić information content (AvgIpc) is 2.88. The number of furan rings is 1. The number of nitrogens with zero attached hydrogens (tertiary/aromatic N) is 1. The lowest BCUT2D eigenvalue weighted by molar-refractivity contribution is 0.383. The molecular formula is C13H18N2O2. The molecule has 0 saturated heterocycles. The standard InChI is InChI=1S/C13H18N2O2/c1-8(12-6-5-7-16-12)14-9(2)13-10(3)15-17-11(13)4/h5-9,14H,1-4H3. The first-order valence-electron chi connectivity index (χ1n) is 5.81. The molecule has 2 aromatic heterocycles. The first kappa shape index (κ1) is 11.9. The van der Waals surface area contributed by atoms with Crippen molar-refractivity contribution in [1.29, 1.82) is 0 Å². The molecule has 0 fully saturated rings. The quantitative estimate of drug-likeness (QED) is 0.881. The summed E-state index contributed by atoms with van der Waals surface area (Å²) in [5.41, 5.74) is 2.07. The molecule has 2 atom stereocenters. The number of aromatic nitrogens is 1. The topological polar surface area (TPSA) is 51.2 Å². The molecule has 4 nitrogen and oxygen atoms in total. The highest BCUT2D eigenvalue weighted by Crippen LogP contribution is 2.24. The molecule has 1 N–H and O–H groups in total. The van der Waals surface area contributed by atoms with Crippen LogP contribution in [0.15, 0.2) is 27.3 Å². The van der Waals surface area contributed by atoms with Gasteiger partial charge in [0.25, 0.3) is 0 Å². The van der Waals surface area contributed by atoms with Crippen molar-refractivity contribution in [2.75, 3.05) is 0 Å². The van der Waals surface area contributed by atoms with Crippen LogP contribution >= 0.6 is 0 Å². The van der Waals surface area contributed by atoms with Crippen LogP contribution in [0.3, 0.4) is 0 Å². The van der Waals surface area contributed by atoms with Gasteiger partial charge in [-0.25, -0.2) is 0 Å². The third-order valence-electron chi connectivity index (χ3n) is 2.99. The first-order chi connectivity index (χ1) is 8.09. The lowest BCUT2D eigenvalue weighted by Crippen LogP contribution is -2.22. The van der Waals surface area contributed by atoms with Gasteiger partial charge in [-0.3, -0.25) is 0 Å². The normalized spacial score (nSPS) is 14.8. The molecule has 0 aliphatic carbocycles. The average molecular weight is 234 g/mol. The van der Waals surface area contributed by atoms with E-state index in [0.29, 0.717) is 0 Å². The van der Waals surface area contributed by atoms with Crippen LogP contribution in [0.4, 0.5) is 0 Å². The summed E-state index contributed by atoms with van der Waals surface area (Å²) in [4.78, 5) is 0. The van der Waals surface area contributed by atoms with Crippen molar-refractivity contribution in [2.45, 2.75) is 39.8 Å². The summed E-state index contributed by atoms with van der Waals surface area (Å²) in [7, 11) is 0. The van der Waals surface area contributed by atoms with E-state index in [2.05, 4.69) is 24.3 Å². The fraction of sp³-hybridized carbons (Fsp3) is 0.462. The summed E-state index contributed by atoms with van der Waals surface area (Å²) in [5, 5.41) is 7.44. The van der Waals surface area contributed by atoms with E-state index in [1.165, 1.54) is 0 Å². The Morgan fingerprint density at radius 2 is 2.00 bits per heavy atom. The summed E-state index contributed by atoms with van der Waals surface area (Å²) in [6.45, 7) is 8.08. The van der Waals surface area contributed by atoms with Gasteiger partial charge in [0, 0.05) is 11.6 Å². The minimum absolute atomic E-state index is 0.161. The van der Waals surface area contributed by atoms with Gasteiger partial charge in [-0.2, -0.15) is 0 Å². The molecule has 0 bridgehead atoms. The third-order valence-corrected chi connectivity index (χ3v) is 2.99. The Morgan fingerprint density at radius 3 is 2.53 bits per heavy atom. The Balaban J connectivity index is 2.09. The third kappa shape index (κ3) is 2.42. The molecule has 0 radical (unpaired) electrons. The van der Waals surface area contributed by atoms with Crippen molar-refractivity contribution in [1.82, 2.24) is 10.5 Å². The predicted octanol–water partition coefficient (Wildman–Crippen LogP) is 3.30. The fourth-order valence-corrected chi connectivity index (χ4v) is 2.19. The van der Waals surface area contributed by atoms with Crippen LogP contribution in [0.5, 0.6) is 0 Å². The van der Waals surface area contributed by atoms with Crippen LogP contribution in [0, 0.1) is 13.8 Å². The Kier molecular flexibility index (Phi) is 3.33. The van der Waals surface area contributed by atoms with Gasteiger partial charge >= 0.3 is 0 Å². The van der Waals surface area contributed by atoms with Crippen molar-refractivity contribution in [3.05, 3.63) is 41.2 Å². The number of hydrogen-bond acceptors (Lipinski definition) is 4. The first-order valence-corrected chi connectivity index (χ1v) is 5.81. The van der Waals surface area contributed by atoms with E-state index in [0.717, 1.165) is 22.8 Å². The van der Waals surface area contributed by atoms with Crippen molar-refractivity contribution in [2.24, 2.45) is 0 Å². The van der Waals surface area contributed by atoms with Gasteiger partial charge < -0.3 is 14.3 Å². The number of rotatable bonds is 4. The summed E-state index contributed by atoms with van der Waals surface area (Å²) in [6.07, 6.45) is 1.69. The van der Waals surface area contributed by atoms with Crippen LogP contribution < -0.4 is 5.32 Å². The van der Waals surface area contributed by atoms with Crippen molar-refractivity contribution < 1.29 is 8.94 Å². The Hall–Kier alpha value is -1.55. The van der Waals surface area contributed by atoms with E-state index in [-0.39, 0.29) is 12.1 Å². The predicted molar refractivity (Wildman–Crippen MR) is 64.7 cm³/mol. The maximum Gasteiger partial charge on any atom is 0.138 e. The number of aryl methyl sites for hydroxylation is 2.